The highest BCUT2D eigenvalue weighted by Crippen LogP contribution is 2.22. The van der Waals surface area contributed by atoms with Gasteiger partial charge in [-0.05, 0) is 17.7 Å². The maximum absolute atomic E-state index is 8.61. The molecule has 1 unspecified atom stereocenters. The van der Waals surface area contributed by atoms with Crippen LogP contribution in [0.3, 0.4) is 0 Å². The molecule has 0 spiro atoms. The number of hydrogen-bond acceptors (Lipinski definition) is 3. The molecular weight excluding hydrogens is 331 g/mol. The summed E-state index contributed by atoms with van der Waals surface area (Å²) in [6.07, 6.45) is 3.58. The number of methoxy groups -OCH3 is 1. The molecule has 17 heavy (non-hydrogen) atoms. The molecule has 0 aliphatic rings. The summed E-state index contributed by atoms with van der Waals surface area (Å²) >= 11 is 2.30. The van der Waals surface area contributed by atoms with E-state index in [9.17, 15) is 0 Å². The van der Waals surface area contributed by atoms with Crippen molar-refractivity contribution >= 4 is 22.6 Å². The lowest BCUT2D eigenvalue weighted by atomic mass is 10.1. The van der Waals surface area contributed by atoms with Crippen LogP contribution in [-0.2, 0) is 4.74 Å². The molecule has 0 aromatic heterocycles. The van der Waals surface area contributed by atoms with Crippen molar-refractivity contribution in [1.82, 2.24) is 0 Å². The molecule has 0 fully saturated rings. The van der Waals surface area contributed by atoms with Gasteiger partial charge in [0, 0.05) is 4.43 Å². The number of aliphatic hydroxyl groups is 1. The summed E-state index contributed by atoms with van der Waals surface area (Å²) < 4.78 is 11.7. The van der Waals surface area contributed by atoms with Crippen molar-refractivity contribution in [3.63, 3.8) is 0 Å². The van der Waals surface area contributed by atoms with Crippen molar-refractivity contribution < 1.29 is 14.6 Å². The molecule has 0 aliphatic heterocycles. The summed E-state index contributed by atoms with van der Waals surface area (Å²) in [6.45, 7) is 0.570. The Morgan fingerprint density at radius 1 is 1.29 bits per heavy atom. The van der Waals surface area contributed by atoms with Gasteiger partial charge >= 0.3 is 0 Å². The smallest absolute Gasteiger partial charge is 0.118 e. The normalized spacial score (nSPS) is 12.9. The van der Waals surface area contributed by atoms with Gasteiger partial charge in [-0.25, -0.2) is 0 Å². The van der Waals surface area contributed by atoms with E-state index in [1.807, 2.05) is 30.3 Å². The quantitative estimate of drug-likeness (QED) is 0.468. The summed E-state index contributed by atoms with van der Waals surface area (Å²) in [4.78, 5) is 0. The monoisotopic (exact) mass is 348 g/mol. The van der Waals surface area contributed by atoms with E-state index >= 15 is 0 Å². The fourth-order valence-corrected chi connectivity index (χ4v) is 2.13. The van der Waals surface area contributed by atoms with Gasteiger partial charge in [0.25, 0.3) is 0 Å². The van der Waals surface area contributed by atoms with Gasteiger partial charge in [-0.15, -0.1) is 0 Å². The number of aliphatic hydroxyl groups excluding tert-OH is 1. The molecule has 1 aromatic rings. The van der Waals surface area contributed by atoms with E-state index in [1.165, 1.54) is 0 Å². The molecule has 4 heteroatoms. The highest BCUT2D eigenvalue weighted by Gasteiger charge is 2.09. The maximum atomic E-state index is 8.61. The second-order valence-corrected chi connectivity index (χ2v) is 4.28. The first-order valence-electron chi connectivity index (χ1n) is 5.39. The zero-order valence-corrected chi connectivity index (χ0v) is 12.0. The van der Waals surface area contributed by atoms with Crippen LogP contribution in [0, 0.1) is 0 Å². The van der Waals surface area contributed by atoms with Crippen LogP contribution < -0.4 is 4.74 Å². The van der Waals surface area contributed by atoms with Crippen LogP contribution in [0.1, 0.15) is 11.7 Å². The first-order valence-corrected chi connectivity index (χ1v) is 6.91. The molecule has 0 bridgehead atoms. The van der Waals surface area contributed by atoms with Crippen LogP contribution in [0.15, 0.2) is 36.4 Å². The minimum atomic E-state index is 0.0563. The van der Waals surface area contributed by atoms with Crippen molar-refractivity contribution in [2.45, 2.75) is 6.10 Å². The minimum absolute atomic E-state index is 0.0563. The minimum Gasteiger partial charge on any atom is -0.497 e. The Balaban J connectivity index is 2.56. The van der Waals surface area contributed by atoms with Crippen molar-refractivity contribution in [2.75, 3.05) is 24.8 Å². The number of hydrogen-bond donors (Lipinski definition) is 1. The first-order chi connectivity index (χ1) is 8.31. The topological polar surface area (TPSA) is 38.7 Å². The van der Waals surface area contributed by atoms with Gasteiger partial charge in [-0.1, -0.05) is 46.9 Å². The van der Waals surface area contributed by atoms with Crippen LogP contribution >= 0.6 is 22.6 Å². The summed E-state index contributed by atoms with van der Waals surface area (Å²) in [6, 6.07) is 7.89. The molecule has 3 nitrogen and oxygen atoms in total. The maximum Gasteiger partial charge on any atom is 0.118 e. The first kappa shape index (κ1) is 14.5. The van der Waals surface area contributed by atoms with Gasteiger partial charge in [0.1, 0.15) is 5.75 Å². The standard InChI is InChI=1S/C13H17IO3/c1-16-12-6-4-11(5-7-12)13(10-14)17-9-3-2-8-15/h2-7,13,15H,8-10H2,1H3/b3-2-. The van der Waals surface area contributed by atoms with E-state index in [4.69, 9.17) is 14.6 Å². The Hall–Kier alpha value is -0.590. The molecule has 0 amide bonds. The van der Waals surface area contributed by atoms with E-state index in [0.717, 1.165) is 15.7 Å². The zero-order chi connectivity index (χ0) is 12.5. The second-order valence-electron chi connectivity index (χ2n) is 3.40. The molecule has 1 atom stereocenters. The number of alkyl halides is 1. The average Bonchev–Trinajstić information content (AvgIpc) is 2.39. The Morgan fingerprint density at radius 2 is 2.00 bits per heavy atom. The Bertz CT molecular complexity index is 335. The third kappa shape index (κ3) is 5.06. The van der Waals surface area contributed by atoms with Gasteiger partial charge < -0.3 is 14.6 Å². The van der Waals surface area contributed by atoms with E-state index in [-0.39, 0.29) is 12.7 Å². The number of benzene rings is 1. The average molecular weight is 348 g/mol. The third-order valence-electron chi connectivity index (χ3n) is 2.29. The number of halogens is 1. The molecule has 1 rings (SSSR count). The largest absolute Gasteiger partial charge is 0.497 e. The SMILES string of the molecule is COc1ccc(C(CI)OC/C=C\CO)cc1. The molecule has 0 aliphatic carbocycles. The van der Waals surface area contributed by atoms with Gasteiger partial charge in [0.05, 0.1) is 26.4 Å². The van der Waals surface area contributed by atoms with Gasteiger partial charge in [0.15, 0.2) is 0 Å². The molecule has 1 aromatic carbocycles. The molecule has 1 N–H and O–H groups in total. The summed E-state index contributed by atoms with van der Waals surface area (Å²) in [7, 11) is 1.65. The zero-order valence-electron chi connectivity index (χ0n) is 9.80. The fourth-order valence-electron chi connectivity index (χ4n) is 1.36. The van der Waals surface area contributed by atoms with Crippen LogP contribution in [0.2, 0.25) is 0 Å². The van der Waals surface area contributed by atoms with E-state index in [1.54, 1.807) is 13.2 Å². The molecule has 0 saturated carbocycles. The van der Waals surface area contributed by atoms with E-state index in [0.29, 0.717) is 6.61 Å². The lowest BCUT2D eigenvalue weighted by Gasteiger charge is -2.15. The van der Waals surface area contributed by atoms with Crippen LogP contribution in [0.25, 0.3) is 0 Å². The Kier molecular flexibility index (Phi) is 7.23. The molecule has 94 valence electrons. The molecule has 0 saturated heterocycles. The molecule has 0 radical (unpaired) electrons. The van der Waals surface area contributed by atoms with Gasteiger partial charge in [0.2, 0.25) is 0 Å². The van der Waals surface area contributed by atoms with Crippen LogP contribution in [0.4, 0.5) is 0 Å². The summed E-state index contributed by atoms with van der Waals surface area (Å²) in [5.74, 6) is 0.848. The fraction of sp³-hybridized carbons (Fsp3) is 0.385. The van der Waals surface area contributed by atoms with Crippen molar-refractivity contribution in [1.29, 1.82) is 0 Å². The molecule has 0 heterocycles. The Morgan fingerprint density at radius 3 is 2.53 bits per heavy atom. The van der Waals surface area contributed by atoms with Crippen molar-refractivity contribution in [2.24, 2.45) is 0 Å². The Labute approximate surface area is 116 Å². The predicted octanol–water partition coefficient (Wildman–Crippen LogP) is 2.74. The van der Waals surface area contributed by atoms with Crippen molar-refractivity contribution in [3.05, 3.63) is 42.0 Å². The van der Waals surface area contributed by atoms with Crippen LogP contribution in [-0.4, -0.2) is 29.9 Å². The van der Waals surface area contributed by atoms with Gasteiger partial charge in [-0.2, -0.15) is 0 Å². The summed E-state index contributed by atoms with van der Waals surface area (Å²) in [5.41, 5.74) is 1.14. The molecular formula is C13H17IO3. The summed E-state index contributed by atoms with van der Waals surface area (Å²) in [5, 5.41) is 8.61. The third-order valence-corrected chi connectivity index (χ3v) is 3.09. The van der Waals surface area contributed by atoms with E-state index in [2.05, 4.69) is 22.6 Å². The lowest BCUT2D eigenvalue weighted by molar-refractivity contribution is 0.0940. The van der Waals surface area contributed by atoms with Crippen LogP contribution in [0.5, 0.6) is 5.75 Å². The highest BCUT2D eigenvalue weighted by atomic mass is 127. The van der Waals surface area contributed by atoms with Gasteiger partial charge in [-0.3, -0.25) is 0 Å². The number of rotatable bonds is 7. The lowest BCUT2D eigenvalue weighted by Crippen LogP contribution is -2.06. The van der Waals surface area contributed by atoms with Crippen molar-refractivity contribution in [3.8, 4) is 5.75 Å². The number of ether oxygens (including phenoxy) is 2. The highest BCUT2D eigenvalue weighted by molar-refractivity contribution is 14.1. The van der Waals surface area contributed by atoms with E-state index < -0.39 is 0 Å². The predicted molar refractivity (Wildman–Crippen MR) is 76.8 cm³/mol. The second kappa shape index (κ2) is 8.49.